The van der Waals surface area contributed by atoms with Gasteiger partial charge in [-0.2, -0.15) is 0 Å². The Morgan fingerprint density at radius 3 is 2.67 bits per heavy atom. The maximum absolute atomic E-state index is 13.1. The highest BCUT2D eigenvalue weighted by atomic mass is 19.1. The number of hydrogen-bond acceptors (Lipinski definition) is 3. The van der Waals surface area contributed by atoms with Crippen LogP contribution in [0.25, 0.3) is 0 Å². The fourth-order valence-corrected chi connectivity index (χ4v) is 3.50. The summed E-state index contributed by atoms with van der Waals surface area (Å²) in [6.07, 6.45) is 3.01. The Morgan fingerprint density at radius 2 is 2.05 bits per heavy atom. The zero-order valence-corrected chi connectivity index (χ0v) is 12.5. The third kappa shape index (κ3) is 2.62. The number of halogens is 1. The average molecular weight is 291 g/mol. The minimum atomic E-state index is -0.584. The standard InChI is InChI=1S/C16H22FN3O/c1-11-3-6-13(19-11)9-16(2)15(21)18-10-20(16)14-7-4-12(17)5-8-14/h4-5,7-8,11,13,19H,3,6,9-10H2,1-2H3,(H,18,21). The average Bonchev–Trinajstić information content (AvgIpc) is 2.97. The molecule has 3 unspecified atom stereocenters. The van der Waals surface area contributed by atoms with E-state index in [2.05, 4.69) is 17.6 Å². The van der Waals surface area contributed by atoms with E-state index >= 15 is 0 Å². The van der Waals surface area contributed by atoms with Gasteiger partial charge in [-0.05, 0) is 57.4 Å². The van der Waals surface area contributed by atoms with E-state index in [9.17, 15) is 9.18 Å². The summed E-state index contributed by atoms with van der Waals surface area (Å²) in [5.41, 5.74) is 0.294. The molecule has 2 heterocycles. The molecular formula is C16H22FN3O. The maximum Gasteiger partial charge on any atom is 0.247 e. The first-order valence-corrected chi connectivity index (χ1v) is 7.56. The molecule has 1 amide bonds. The van der Waals surface area contributed by atoms with E-state index in [0.29, 0.717) is 18.8 Å². The summed E-state index contributed by atoms with van der Waals surface area (Å²) >= 11 is 0. The molecule has 5 heteroatoms. The molecule has 21 heavy (non-hydrogen) atoms. The van der Waals surface area contributed by atoms with Gasteiger partial charge in [-0.25, -0.2) is 4.39 Å². The van der Waals surface area contributed by atoms with Crippen LogP contribution in [0.4, 0.5) is 10.1 Å². The highest BCUT2D eigenvalue weighted by molar-refractivity contribution is 5.92. The van der Waals surface area contributed by atoms with Crippen LogP contribution in [0, 0.1) is 5.82 Å². The fourth-order valence-electron chi connectivity index (χ4n) is 3.50. The molecule has 2 aliphatic heterocycles. The van der Waals surface area contributed by atoms with Crippen molar-refractivity contribution in [3.05, 3.63) is 30.1 Å². The van der Waals surface area contributed by atoms with Crippen molar-refractivity contribution < 1.29 is 9.18 Å². The Morgan fingerprint density at radius 1 is 1.33 bits per heavy atom. The number of amides is 1. The number of carbonyl (C=O) groups is 1. The number of rotatable bonds is 3. The van der Waals surface area contributed by atoms with Crippen molar-refractivity contribution >= 4 is 11.6 Å². The van der Waals surface area contributed by atoms with Crippen LogP contribution in [0.15, 0.2) is 24.3 Å². The topological polar surface area (TPSA) is 44.4 Å². The predicted molar refractivity (Wildman–Crippen MR) is 80.5 cm³/mol. The van der Waals surface area contributed by atoms with Crippen LogP contribution >= 0.6 is 0 Å². The molecule has 3 rings (SSSR count). The van der Waals surface area contributed by atoms with Gasteiger partial charge >= 0.3 is 0 Å². The zero-order chi connectivity index (χ0) is 15.0. The molecule has 2 N–H and O–H groups in total. The maximum atomic E-state index is 13.1. The molecule has 1 aromatic rings. The fraction of sp³-hybridized carbons (Fsp3) is 0.562. The summed E-state index contributed by atoms with van der Waals surface area (Å²) in [4.78, 5) is 14.4. The van der Waals surface area contributed by atoms with Gasteiger partial charge in [-0.15, -0.1) is 0 Å². The summed E-state index contributed by atoms with van der Waals surface area (Å²) in [7, 11) is 0. The third-order valence-corrected chi connectivity index (χ3v) is 4.73. The first-order valence-electron chi connectivity index (χ1n) is 7.56. The minimum Gasteiger partial charge on any atom is -0.339 e. The normalized spacial score (nSPS) is 32.5. The Kier molecular flexibility index (Phi) is 3.61. The molecule has 0 spiro atoms. The summed E-state index contributed by atoms with van der Waals surface area (Å²) in [6.45, 7) is 4.63. The van der Waals surface area contributed by atoms with E-state index in [1.54, 1.807) is 12.1 Å². The molecule has 1 aromatic carbocycles. The molecule has 4 nitrogen and oxygen atoms in total. The lowest BCUT2D eigenvalue weighted by molar-refractivity contribution is -0.123. The number of hydrogen-bond donors (Lipinski definition) is 2. The lowest BCUT2D eigenvalue weighted by Crippen LogP contribution is -2.50. The second kappa shape index (κ2) is 5.30. The van der Waals surface area contributed by atoms with Crippen molar-refractivity contribution in [2.45, 2.75) is 50.7 Å². The molecular weight excluding hydrogens is 269 g/mol. The van der Waals surface area contributed by atoms with Crippen LogP contribution in [0.2, 0.25) is 0 Å². The quantitative estimate of drug-likeness (QED) is 0.895. The van der Waals surface area contributed by atoms with Crippen LogP contribution in [-0.4, -0.2) is 30.2 Å². The van der Waals surface area contributed by atoms with Crippen LogP contribution in [0.3, 0.4) is 0 Å². The van der Waals surface area contributed by atoms with Crippen molar-refractivity contribution in [2.24, 2.45) is 0 Å². The first-order chi connectivity index (χ1) is 9.99. The third-order valence-electron chi connectivity index (χ3n) is 4.73. The summed E-state index contributed by atoms with van der Waals surface area (Å²) < 4.78 is 13.1. The predicted octanol–water partition coefficient (Wildman–Crippen LogP) is 2.01. The SMILES string of the molecule is CC1CCC(CC2(C)C(=O)NCN2c2ccc(F)cc2)N1. The van der Waals surface area contributed by atoms with Crippen molar-refractivity contribution in [3.63, 3.8) is 0 Å². The van der Waals surface area contributed by atoms with E-state index in [-0.39, 0.29) is 11.7 Å². The molecule has 3 atom stereocenters. The molecule has 0 aromatic heterocycles. The first kappa shape index (κ1) is 14.3. The highest BCUT2D eigenvalue weighted by Gasteiger charge is 2.46. The van der Waals surface area contributed by atoms with Crippen molar-refractivity contribution in [3.8, 4) is 0 Å². The van der Waals surface area contributed by atoms with Gasteiger partial charge in [0.1, 0.15) is 11.4 Å². The number of carbonyl (C=O) groups excluding carboxylic acids is 1. The number of nitrogens with zero attached hydrogens (tertiary/aromatic N) is 1. The number of benzene rings is 1. The van der Waals surface area contributed by atoms with Gasteiger partial charge in [0.25, 0.3) is 0 Å². The van der Waals surface area contributed by atoms with Crippen molar-refractivity contribution in [2.75, 3.05) is 11.6 Å². The number of anilines is 1. The Bertz CT molecular complexity index is 533. The zero-order valence-electron chi connectivity index (χ0n) is 12.5. The number of nitrogens with one attached hydrogen (secondary N) is 2. The summed E-state index contributed by atoms with van der Waals surface area (Å²) in [5.74, 6) is -0.210. The van der Waals surface area contributed by atoms with Crippen molar-refractivity contribution in [1.82, 2.24) is 10.6 Å². The molecule has 0 saturated carbocycles. The molecule has 114 valence electrons. The molecule has 2 aliphatic rings. The van der Waals surface area contributed by atoms with Gasteiger partial charge in [-0.1, -0.05) is 0 Å². The van der Waals surface area contributed by atoms with Crippen LogP contribution in [-0.2, 0) is 4.79 Å². The van der Waals surface area contributed by atoms with Gasteiger partial charge in [0.05, 0.1) is 6.67 Å². The van der Waals surface area contributed by atoms with Gasteiger partial charge < -0.3 is 15.5 Å². The van der Waals surface area contributed by atoms with Crippen LogP contribution in [0.5, 0.6) is 0 Å². The Hall–Kier alpha value is -1.62. The van der Waals surface area contributed by atoms with Gasteiger partial charge in [0.2, 0.25) is 5.91 Å². The van der Waals surface area contributed by atoms with E-state index in [4.69, 9.17) is 0 Å². The molecule has 0 aliphatic carbocycles. The summed E-state index contributed by atoms with van der Waals surface area (Å²) in [6, 6.07) is 7.22. The van der Waals surface area contributed by atoms with E-state index < -0.39 is 5.54 Å². The second-order valence-electron chi connectivity index (χ2n) is 6.39. The minimum absolute atomic E-state index is 0.0492. The second-order valence-corrected chi connectivity index (χ2v) is 6.39. The molecule has 0 radical (unpaired) electrons. The lowest BCUT2D eigenvalue weighted by atomic mass is 9.90. The van der Waals surface area contributed by atoms with Gasteiger partial charge in [0.15, 0.2) is 0 Å². The van der Waals surface area contributed by atoms with E-state index in [1.807, 2.05) is 11.8 Å². The Labute approximate surface area is 124 Å². The van der Waals surface area contributed by atoms with Crippen molar-refractivity contribution in [1.29, 1.82) is 0 Å². The highest BCUT2D eigenvalue weighted by Crippen LogP contribution is 2.33. The molecule has 0 bridgehead atoms. The smallest absolute Gasteiger partial charge is 0.247 e. The largest absolute Gasteiger partial charge is 0.339 e. The van der Waals surface area contributed by atoms with Gasteiger partial charge in [-0.3, -0.25) is 4.79 Å². The van der Waals surface area contributed by atoms with Crippen LogP contribution in [0.1, 0.15) is 33.1 Å². The lowest BCUT2D eigenvalue weighted by Gasteiger charge is -2.35. The van der Waals surface area contributed by atoms with E-state index in [0.717, 1.165) is 24.9 Å². The monoisotopic (exact) mass is 291 g/mol. The van der Waals surface area contributed by atoms with Crippen LogP contribution < -0.4 is 15.5 Å². The molecule has 2 saturated heterocycles. The van der Waals surface area contributed by atoms with E-state index in [1.165, 1.54) is 12.1 Å². The van der Waals surface area contributed by atoms with Gasteiger partial charge in [0, 0.05) is 17.8 Å². The Balaban J connectivity index is 1.82. The molecule has 2 fully saturated rings. The summed E-state index contributed by atoms with van der Waals surface area (Å²) in [5, 5.41) is 6.46.